The van der Waals surface area contributed by atoms with Gasteiger partial charge in [0.1, 0.15) is 0 Å². The lowest BCUT2D eigenvalue weighted by atomic mass is 10.2. The number of benzene rings is 1. The van der Waals surface area contributed by atoms with Crippen molar-refractivity contribution in [2.45, 2.75) is 13.3 Å². The normalized spacial score (nSPS) is 10.4. The van der Waals surface area contributed by atoms with E-state index in [1.807, 2.05) is 6.92 Å². The van der Waals surface area contributed by atoms with Crippen LogP contribution in [0.5, 0.6) is 0 Å². The molecule has 0 aliphatic carbocycles. The van der Waals surface area contributed by atoms with Crippen molar-refractivity contribution in [1.29, 1.82) is 0 Å². The molecule has 0 aromatic heterocycles. The van der Waals surface area contributed by atoms with Crippen molar-refractivity contribution in [3.05, 3.63) is 33.8 Å². The Balaban J connectivity index is 2.86. The number of carbonyl (C=O) groups is 1. The highest BCUT2D eigenvalue weighted by Crippen LogP contribution is 2.22. The topological polar surface area (TPSA) is 20.3 Å². The number of nitrogens with zero attached hydrogens (tertiary/aromatic N) is 1. The fourth-order valence-electron chi connectivity index (χ4n) is 1.49. The van der Waals surface area contributed by atoms with Gasteiger partial charge in [0.2, 0.25) is 0 Å². The lowest BCUT2D eigenvalue weighted by Gasteiger charge is -2.21. The van der Waals surface area contributed by atoms with Crippen LogP contribution in [-0.4, -0.2) is 29.2 Å². The fourth-order valence-corrected chi connectivity index (χ4v) is 2.23. The van der Waals surface area contributed by atoms with Crippen molar-refractivity contribution in [2.24, 2.45) is 0 Å². The summed E-state index contributed by atoms with van der Waals surface area (Å²) in [7, 11) is 0. The van der Waals surface area contributed by atoms with E-state index in [-0.39, 0.29) is 5.91 Å². The zero-order chi connectivity index (χ0) is 12.8. The molecule has 1 aromatic rings. The SMILES string of the molecule is CCN(CCCBr)C(=O)c1ccc(Cl)cc1Cl. The largest absolute Gasteiger partial charge is 0.339 e. The van der Waals surface area contributed by atoms with Crippen molar-refractivity contribution in [1.82, 2.24) is 4.90 Å². The van der Waals surface area contributed by atoms with E-state index >= 15 is 0 Å². The summed E-state index contributed by atoms with van der Waals surface area (Å²) in [6, 6.07) is 4.94. The van der Waals surface area contributed by atoms with Gasteiger partial charge in [-0.2, -0.15) is 0 Å². The van der Waals surface area contributed by atoms with Gasteiger partial charge in [-0.15, -0.1) is 0 Å². The molecule has 5 heteroatoms. The number of alkyl halides is 1. The predicted molar refractivity (Wildman–Crippen MR) is 76.5 cm³/mol. The van der Waals surface area contributed by atoms with Crippen LogP contribution in [0, 0.1) is 0 Å². The van der Waals surface area contributed by atoms with Crippen LogP contribution in [-0.2, 0) is 0 Å². The Bertz CT molecular complexity index is 398. The van der Waals surface area contributed by atoms with Crippen molar-refractivity contribution in [3.8, 4) is 0 Å². The van der Waals surface area contributed by atoms with Gasteiger partial charge < -0.3 is 4.90 Å². The van der Waals surface area contributed by atoms with Crippen LogP contribution >= 0.6 is 39.1 Å². The van der Waals surface area contributed by atoms with Crippen LogP contribution in [0.1, 0.15) is 23.7 Å². The van der Waals surface area contributed by atoms with Gasteiger partial charge in [0.25, 0.3) is 5.91 Å². The average molecular weight is 339 g/mol. The monoisotopic (exact) mass is 337 g/mol. The van der Waals surface area contributed by atoms with Crippen molar-refractivity contribution >= 4 is 45.0 Å². The van der Waals surface area contributed by atoms with Crippen LogP contribution in [0.25, 0.3) is 0 Å². The van der Waals surface area contributed by atoms with Gasteiger partial charge in [0, 0.05) is 23.4 Å². The standard InChI is InChI=1S/C12H14BrCl2NO/c1-2-16(7-3-6-13)12(17)10-5-4-9(14)8-11(10)15/h4-5,8H,2-3,6-7H2,1H3. The lowest BCUT2D eigenvalue weighted by Crippen LogP contribution is -2.32. The number of halogens is 3. The summed E-state index contributed by atoms with van der Waals surface area (Å²) in [4.78, 5) is 14.0. The van der Waals surface area contributed by atoms with E-state index in [1.165, 1.54) is 0 Å². The molecular weight excluding hydrogens is 325 g/mol. The van der Waals surface area contributed by atoms with Crippen LogP contribution < -0.4 is 0 Å². The van der Waals surface area contributed by atoms with Gasteiger partial charge in [-0.1, -0.05) is 39.1 Å². The van der Waals surface area contributed by atoms with Gasteiger partial charge in [-0.05, 0) is 31.5 Å². The van der Waals surface area contributed by atoms with Crippen LogP contribution in [0.15, 0.2) is 18.2 Å². The first-order valence-electron chi connectivity index (χ1n) is 5.40. The number of rotatable bonds is 5. The smallest absolute Gasteiger partial charge is 0.255 e. The molecule has 0 saturated carbocycles. The van der Waals surface area contributed by atoms with Crippen LogP contribution in [0.4, 0.5) is 0 Å². The maximum atomic E-state index is 12.2. The Labute approximate surface area is 120 Å². The van der Waals surface area contributed by atoms with E-state index in [2.05, 4.69) is 15.9 Å². The molecule has 94 valence electrons. The molecule has 0 heterocycles. The van der Waals surface area contributed by atoms with E-state index in [1.54, 1.807) is 23.1 Å². The quantitative estimate of drug-likeness (QED) is 0.735. The average Bonchev–Trinajstić information content (AvgIpc) is 2.29. The first kappa shape index (κ1) is 14.8. The summed E-state index contributed by atoms with van der Waals surface area (Å²) in [5, 5.41) is 1.82. The van der Waals surface area contributed by atoms with E-state index in [9.17, 15) is 4.79 Å². The van der Waals surface area contributed by atoms with Crippen molar-refractivity contribution in [2.75, 3.05) is 18.4 Å². The molecule has 1 rings (SSSR count). The molecule has 0 spiro atoms. The van der Waals surface area contributed by atoms with Gasteiger partial charge >= 0.3 is 0 Å². The number of amides is 1. The lowest BCUT2D eigenvalue weighted by molar-refractivity contribution is 0.0765. The molecule has 0 unspecified atom stereocenters. The zero-order valence-electron chi connectivity index (χ0n) is 9.55. The van der Waals surface area contributed by atoms with Crippen LogP contribution in [0.2, 0.25) is 10.0 Å². The Morgan fingerprint density at radius 3 is 2.65 bits per heavy atom. The molecule has 0 saturated heterocycles. The minimum absolute atomic E-state index is 0.0462. The summed E-state index contributed by atoms with van der Waals surface area (Å²) >= 11 is 15.2. The van der Waals surface area contributed by atoms with Gasteiger partial charge in [0.15, 0.2) is 0 Å². The molecule has 0 fully saturated rings. The molecule has 0 atom stereocenters. The van der Waals surface area contributed by atoms with E-state index < -0.39 is 0 Å². The third-order valence-electron chi connectivity index (χ3n) is 2.39. The first-order valence-corrected chi connectivity index (χ1v) is 7.28. The Kier molecular flexibility index (Phi) is 6.31. The van der Waals surface area contributed by atoms with Gasteiger partial charge in [0.05, 0.1) is 10.6 Å². The maximum absolute atomic E-state index is 12.2. The first-order chi connectivity index (χ1) is 8.10. The third-order valence-corrected chi connectivity index (χ3v) is 3.50. The van der Waals surface area contributed by atoms with Crippen LogP contribution in [0.3, 0.4) is 0 Å². The molecule has 0 aliphatic heterocycles. The summed E-state index contributed by atoms with van der Waals surface area (Å²) in [6.07, 6.45) is 0.921. The molecule has 0 aliphatic rings. The summed E-state index contributed by atoms with van der Waals surface area (Å²) in [5.41, 5.74) is 0.507. The van der Waals surface area contributed by atoms with Crippen molar-refractivity contribution < 1.29 is 4.79 Å². The second-order valence-corrected chi connectivity index (χ2v) is 5.19. The maximum Gasteiger partial charge on any atom is 0.255 e. The predicted octanol–water partition coefficient (Wildman–Crippen LogP) is 4.24. The summed E-state index contributed by atoms with van der Waals surface area (Å²) in [6.45, 7) is 3.35. The fraction of sp³-hybridized carbons (Fsp3) is 0.417. The molecule has 0 bridgehead atoms. The van der Waals surface area contributed by atoms with E-state index in [0.717, 1.165) is 18.3 Å². The second-order valence-electron chi connectivity index (χ2n) is 3.55. The number of hydrogen-bond acceptors (Lipinski definition) is 1. The molecule has 2 nitrogen and oxygen atoms in total. The summed E-state index contributed by atoms with van der Waals surface area (Å²) < 4.78 is 0. The Morgan fingerprint density at radius 1 is 1.41 bits per heavy atom. The molecule has 0 radical (unpaired) electrons. The van der Waals surface area contributed by atoms with Gasteiger partial charge in [-0.25, -0.2) is 0 Å². The zero-order valence-corrected chi connectivity index (χ0v) is 12.6. The van der Waals surface area contributed by atoms with Crippen molar-refractivity contribution in [3.63, 3.8) is 0 Å². The minimum atomic E-state index is -0.0462. The molecule has 0 N–H and O–H groups in total. The Hall–Kier alpha value is -0.250. The number of carbonyl (C=O) groups excluding carboxylic acids is 1. The molecule has 1 aromatic carbocycles. The minimum Gasteiger partial charge on any atom is -0.339 e. The highest BCUT2D eigenvalue weighted by Gasteiger charge is 2.16. The Morgan fingerprint density at radius 2 is 2.12 bits per heavy atom. The molecule has 17 heavy (non-hydrogen) atoms. The third kappa shape index (κ3) is 4.16. The highest BCUT2D eigenvalue weighted by molar-refractivity contribution is 9.09. The number of hydrogen-bond donors (Lipinski definition) is 0. The van der Waals surface area contributed by atoms with E-state index in [4.69, 9.17) is 23.2 Å². The highest BCUT2D eigenvalue weighted by atomic mass is 79.9. The molecule has 1 amide bonds. The summed E-state index contributed by atoms with van der Waals surface area (Å²) in [5.74, 6) is -0.0462. The molecular formula is C12H14BrCl2NO. The second kappa shape index (κ2) is 7.24. The van der Waals surface area contributed by atoms with E-state index in [0.29, 0.717) is 22.2 Å². The van der Waals surface area contributed by atoms with Gasteiger partial charge in [-0.3, -0.25) is 4.79 Å².